The molecular weight excluding hydrogens is 184 g/mol. The van der Waals surface area contributed by atoms with E-state index in [2.05, 4.69) is 0 Å². The van der Waals surface area contributed by atoms with Crippen LogP contribution in [0.3, 0.4) is 0 Å². The highest BCUT2D eigenvalue weighted by atomic mass is 16.5. The van der Waals surface area contributed by atoms with Crippen molar-refractivity contribution in [3.63, 3.8) is 0 Å². The van der Waals surface area contributed by atoms with Crippen LogP contribution in [-0.2, 0) is 9.47 Å². The minimum absolute atomic E-state index is 0.0652. The number of hydrogen-bond acceptors (Lipinski definition) is 4. The van der Waals surface area contributed by atoms with E-state index in [4.69, 9.17) is 9.47 Å². The van der Waals surface area contributed by atoms with Crippen molar-refractivity contribution in [2.75, 3.05) is 20.3 Å². The molecule has 0 unspecified atom stereocenters. The van der Waals surface area contributed by atoms with Gasteiger partial charge in [0.05, 0.1) is 19.3 Å². The van der Waals surface area contributed by atoms with Crippen LogP contribution in [0, 0.1) is 5.92 Å². The molecule has 4 atom stereocenters. The fraction of sp³-hybridized carbons (Fsp3) is 0.800. The molecule has 1 aliphatic heterocycles. The Morgan fingerprint density at radius 2 is 2.36 bits per heavy atom. The van der Waals surface area contributed by atoms with Crippen molar-refractivity contribution in [1.82, 2.24) is 0 Å². The number of aliphatic hydroxyl groups is 2. The third-order valence-electron chi connectivity index (χ3n) is 3.11. The first kappa shape index (κ1) is 10.1. The highest BCUT2D eigenvalue weighted by Gasteiger charge is 2.51. The molecule has 0 spiro atoms. The Hall–Kier alpha value is -0.420. The van der Waals surface area contributed by atoms with Crippen LogP contribution in [0.15, 0.2) is 12.2 Å². The normalized spacial score (nSPS) is 47.5. The Morgan fingerprint density at radius 1 is 1.57 bits per heavy atom. The van der Waals surface area contributed by atoms with Crippen LogP contribution in [0.1, 0.15) is 6.42 Å². The van der Waals surface area contributed by atoms with E-state index in [1.165, 1.54) is 7.11 Å². The molecular formula is C10H16O4. The number of rotatable bonds is 1. The summed E-state index contributed by atoms with van der Waals surface area (Å²) in [4.78, 5) is 0. The zero-order valence-corrected chi connectivity index (χ0v) is 8.22. The molecule has 0 aromatic rings. The molecule has 0 saturated carbocycles. The Kier molecular flexibility index (Phi) is 2.62. The van der Waals surface area contributed by atoms with Crippen molar-refractivity contribution in [2.45, 2.75) is 24.2 Å². The smallest absolute Gasteiger partial charge is 0.125 e. The minimum atomic E-state index is -1.07. The van der Waals surface area contributed by atoms with Crippen LogP contribution in [-0.4, -0.2) is 48.3 Å². The number of hydrogen-bond donors (Lipinski definition) is 2. The minimum Gasteiger partial charge on any atom is -0.390 e. The van der Waals surface area contributed by atoms with Gasteiger partial charge in [-0.05, 0) is 6.42 Å². The number of aliphatic hydroxyl groups excluding tert-OH is 1. The second-order valence-electron chi connectivity index (χ2n) is 4.00. The van der Waals surface area contributed by atoms with Gasteiger partial charge in [-0.15, -0.1) is 0 Å². The zero-order chi connectivity index (χ0) is 10.2. The standard InChI is InChI=1S/C10H16O4/c1-13-9-8(11)4-2-3-7-5-14-6-10(7,9)12/h2-3,7-9,11-12H,4-6H2,1H3/t7-,8+,9+,10+/m1/s1. The lowest BCUT2D eigenvalue weighted by atomic mass is 9.84. The van der Waals surface area contributed by atoms with Crippen molar-refractivity contribution in [2.24, 2.45) is 5.92 Å². The van der Waals surface area contributed by atoms with Gasteiger partial charge in [-0.2, -0.15) is 0 Å². The molecule has 0 aromatic carbocycles. The SMILES string of the molecule is CO[C@H]1[C@@H](O)CC=C[C@@H]2COC[C@]21O. The summed E-state index contributed by atoms with van der Waals surface area (Å²) in [7, 11) is 1.51. The van der Waals surface area contributed by atoms with E-state index in [9.17, 15) is 10.2 Å². The first-order chi connectivity index (χ1) is 6.68. The lowest BCUT2D eigenvalue weighted by Gasteiger charge is -2.34. The second-order valence-corrected chi connectivity index (χ2v) is 4.00. The van der Waals surface area contributed by atoms with Gasteiger partial charge in [0.1, 0.15) is 11.7 Å². The highest BCUT2D eigenvalue weighted by molar-refractivity contribution is 5.12. The molecule has 0 aromatic heterocycles. The largest absolute Gasteiger partial charge is 0.390 e. The summed E-state index contributed by atoms with van der Waals surface area (Å²) in [6.45, 7) is 0.733. The second kappa shape index (κ2) is 3.62. The average molecular weight is 200 g/mol. The van der Waals surface area contributed by atoms with Crippen LogP contribution >= 0.6 is 0 Å². The molecule has 1 saturated heterocycles. The van der Waals surface area contributed by atoms with Gasteiger partial charge in [0.15, 0.2) is 0 Å². The first-order valence-electron chi connectivity index (χ1n) is 4.86. The molecule has 1 heterocycles. The van der Waals surface area contributed by atoms with Gasteiger partial charge in [0.2, 0.25) is 0 Å². The maximum atomic E-state index is 10.4. The molecule has 1 aliphatic carbocycles. The number of fused-ring (bicyclic) bond motifs is 1. The lowest BCUT2D eigenvalue weighted by molar-refractivity contribution is -0.147. The van der Waals surface area contributed by atoms with Gasteiger partial charge in [0.25, 0.3) is 0 Å². The van der Waals surface area contributed by atoms with Gasteiger partial charge < -0.3 is 19.7 Å². The zero-order valence-electron chi connectivity index (χ0n) is 8.22. The molecule has 14 heavy (non-hydrogen) atoms. The van der Waals surface area contributed by atoms with Crippen LogP contribution in [0.5, 0.6) is 0 Å². The van der Waals surface area contributed by atoms with Gasteiger partial charge in [-0.3, -0.25) is 0 Å². The predicted molar refractivity (Wildman–Crippen MR) is 49.8 cm³/mol. The Bertz CT molecular complexity index is 240. The van der Waals surface area contributed by atoms with Crippen LogP contribution in [0.2, 0.25) is 0 Å². The van der Waals surface area contributed by atoms with Gasteiger partial charge in [-0.1, -0.05) is 12.2 Å². The predicted octanol–water partition coefficient (Wildman–Crippen LogP) is -0.300. The highest BCUT2D eigenvalue weighted by Crippen LogP contribution is 2.35. The van der Waals surface area contributed by atoms with Crippen LogP contribution in [0.4, 0.5) is 0 Å². The monoisotopic (exact) mass is 200 g/mol. The van der Waals surface area contributed by atoms with E-state index < -0.39 is 17.8 Å². The maximum Gasteiger partial charge on any atom is 0.125 e. The molecule has 1 fully saturated rings. The summed E-state index contributed by atoms with van der Waals surface area (Å²) >= 11 is 0. The molecule has 4 heteroatoms. The van der Waals surface area contributed by atoms with Crippen molar-refractivity contribution in [3.8, 4) is 0 Å². The summed E-state index contributed by atoms with van der Waals surface area (Å²) in [6.07, 6.45) is 3.10. The quantitative estimate of drug-likeness (QED) is 0.570. The third-order valence-corrected chi connectivity index (χ3v) is 3.11. The van der Waals surface area contributed by atoms with Crippen molar-refractivity contribution in [3.05, 3.63) is 12.2 Å². The van der Waals surface area contributed by atoms with Crippen LogP contribution in [0.25, 0.3) is 0 Å². The topological polar surface area (TPSA) is 58.9 Å². The Balaban J connectivity index is 2.29. The van der Waals surface area contributed by atoms with E-state index in [0.717, 1.165) is 0 Å². The molecule has 2 aliphatic rings. The van der Waals surface area contributed by atoms with E-state index in [0.29, 0.717) is 13.0 Å². The van der Waals surface area contributed by atoms with Crippen molar-refractivity contribution >= 4 is 0 Å². The van der Waals surface area contributed by atoms with E-state index >= 15 is 0 Å². The average Bonchev–Trinajstić information content (AvgIpc) is 2.45. The van der Waals surface area contributed by atoms with Gasteiger partial charge in [0, 0.05) is 13.0 Å². The third kappa shape index (κ3) is 1.39. The summed E-state index contributed by atoms with van der Waals surface area (Å²) in [5.41, 5.74) is -1.07. The fourth-order valence-electron chi connectivity index (χ4n) is 2.32. The van der Waals surface area contributed by atoms with Crippen molar-refractivity contribution in [1.29, 1.82) is 0 Å². The van der Waals surface area contributed by atoms with Gasteiger partial charge in [-0.25, -0.2) is 0 Å². The van der Waals surface area contributed by atoms with E-state index in [-0.39, 0.29) is 12.5 Å². The number of methoxy groups -OCH3 is 1. The van der Waals surface area contributed by atoms with Crippen LogP contribution < -0.4 is 0 Å². The Morgan fingerprint density at radius 3 is 3.07 bits per heavy atom. The van der Waals surface area contributed by atoms with Crippen molar-refractivity contribution < 1.29 is 19.7 Å². The molecule has 0 radical (unpaired) electrons. The molecule has 2 rings (SSSR count). The summed E-state index contributed by atoms with van der Waals surface area (Å²) < 4.78 is 10.4. The summed E-state index contributed by atoms with van der Waals surface area (Å²) in [6, 6.07) is 0. The van der Waals surface area contributed by atoms with E-state index in [1.54, 1.807) is 0 Å². The van der Waals surface area contributed by atoms with E-state index in [1.807, 2.05) is 12.2 Å². The fourth-order valence-corrected chi connectivity index (χ4v) is 2.32. The molecule has 0 amide bonds. The van der Waals surface area contributed by atoms with Gasteiger partial charge >= 0.3 is 0 Å². The molecule has 2 N–H and O–H groups in total. The summed E-state index contributed by atoms with van der Waals surface area (Å²) in [5, 5.41) is 20.1. The lowest BCUT2D eigenvalue weighted by Crippen LogP contribution is -2.53. The Labute approximate surface area is 83.1 Å². The summed E-state index contributed by atoms with van der Waals surface area (Å²) in [5.74, 6) is -0.0652. The molecule has 4 nitrogen and oxygen atoms in total. The maximum absolute atomic E-state index is 10.4. The molecule has 80 valence electrons. The molecule has 0 bridgehead atoms. The first-order valence-corrected chi connectivity index (χ1v) is 4.86. The number of ether oxygens (including phenoxy) is 2.